The second kappa shape index (κ2) is 8.43. The minimum absolute atomic E-state index is 0.242. The summed E-state index contributed by atoms with van der Waals surface area (Å²) in [5.41, 5.74) is -0.539. The van der Waals surface area contributed by atoms with E-state index >= 15 is 0 Å². The van der Waals surface area contributed by atoms with Crippen LogP contribution in [0.4, 0.5) is 0 Å². The zero-order valence-electron chi connectivity index (χ0n) is 11.4. The van der Waals surface area contributed by atoms with Crippen molar-refractivity contribution < 1.29 is 14.6 Å². The first kappa shape index (κ1) is 16.3. The number of aliphatic hydroxyl groups excluding tert-OH is 1. The van der Waals surface area contributed by atoms with Gasteiger partial charge in [-0.05, 0) is 33.1 Å². The lowest BCUT2D eigenvalue weighted by Gasteiger charge is -2.32. The number of carbonyl (C=O) groups is 1. The third-order valence-corrected chi connectivity index (χ3v) is 3.16. The van der Waals surface area contributed by atoms with Crippen molar-refractivity contribution in [3.63, 3.8) is 0 Å². The van der Waals surface area contributed by atoms with Gasteiger partial charge < -0.3 is 14.6 Å². The molecular weight excluding hydrogens is 216 g/mol. The third kappa shape index (κ3) is 6.59. The van der Waals surface area contributed by atoms with Crippen molar-refractivity contribution in [2.24, 2.45) is 0 Å². The Morgan fingerprint density at radius 2 is 2.12 bits per heavy atom. The largest absolute Gasteiger partial charge is 0.386 e. The van der Waals surface area contributed by atoms with Gasteiger partial charge in [-0.2, -0.15) is 0 Å². The molecule has 3 nitrogen and oxygen atoms in total. The highest BCUT2D eigenvalue weighted by Gasteiger charge is 2.29. The van der Waals surface area contributed by atoms with Crippen molar-refractivity contribution in [1.29, 1.82) is 0 Å². The molecule has 0 rings (SSSR count). The van der Waals surface area contributed by atoms with Crippen LogP contribution in [0.5, 0.6) is 0 Å². The number of ketones is 1. The highest BCUT2D eigenvalue weighted by molar-refractivity contribution is 5.75. The van der Waals surface area contributed by atoms with Crippen molar-refractivity contribution >= 4 is 5.78 Å². The molecule has 0 heterocycles. The van der Waals surface area contributed by atoms with E-state index in [9.17, 15) is 9.90 Å². The lowest BCUT2D eigenvalue weighted by atomic mass is 9.95. The number of hydrogen-bond donors (Lipinski definition) is 1. The molecule has 2 atom stereocenters. The maximum atomic E-state index is 10.7. The molecule has 0 saturated carbocycles. The topological polar surface area (TPSA) is 46.5 Å². The first-order valence-corrected chi connectivity index (χ1v) is 6.40. The molecule has 0 amide bonds. The molecule has 17 heavy (non-hydrogen) atoms. The Balaban J connectivity index is 3.77. The number of Topliss-reactive ketones (excluding diaryl/α,β-unsaturated/α-hetero) is 1. The van der Waals surface area contributed by atoms with E-state index in [1.165, 1.54) is 6.08 Å². The fraction of sp³-hybridized carbons (Fsp3) is 0.786. The van der Waals surface area contributed by atoms with Gasteiger partial charge in [0.1, 0.15) is 11.9 Å². The van der Waals surface area contributed by atoms with Crippen molar-refractivity contribution in [1.82, 2.24) is 0 Å². The lowest BCUT2D eigenvalue weighted by Crippen LogP contribution is -2.40. The van der Waals surface area contributed by atoms with Gasteiger partial charge in [0.15, 0.2) is 0 Å². The van der Waals surface area contributed by atoms with Gasteiger partial charge in [0, 0.05) is 13.0 Å². The van der Waals surface area contributed by atoms with Crippen LogP contribution < -0.4 is 0 Å². The number of carbonyl (C=O) groups excluding carboxylic acids is 1. The number of unbranched alkanes of at least 4 members (excludes halogenated alkanes) is 2. The number of rotatable bonds is 10. The molecule has 0 radical (unpaired) electrons. The van der Waals surface area contributed by atoms with Gasteiger partial charge in [0.05, 0.1) is 5.60 Å². The lowest BCUT2D eigenvalue weighted by molar-refractivity contribution is -0.117. The maximum absolute atomic E-state index is 10.7. The number of hydrogen-bond acceptors (Lipinski definition) is 3. The van der Waals surface area contributed by atoms with Crippen LogP contribution in [0.3, 0.4) is 0 Å². The molecule has 100 valence electrons. The minimum Gasteiger partial charge on any atom is -0.386 e. The van der Waals surface area contributed by atoms with Crippen molar-refractivity contribution in [2.75, 3.05) is 6.61 Å². The van der Waals surface area contributed by atoms with Crippen LogP contribution in [0.2, 0.25) is 0 Å². The summed E-state index contributed by atoms with van der Waals surface area (Å²) < 4.78 is 5.73. The summed E-state index contributed by atoms with van der Waals surface area (Å²) in [7, 11) is 0. The van der Waals surface area contributed by atoms with E-state index in [1.54, 1.807) is 6.92 Å². The molecule has 0 spiro atoms. The number of ether oxygens (including phenoxy) is 1. The van der Waals surface area contributed by atoms with E-state index in [1.807, 2.05) is 13.8 Å². The molecule has 0 aliphatic heterocycles. The molecule has 0 aliphatic carbocycles. The van der Waals surface area contributed by atoms with E-state index in [0.717, 1.165) is 25.7 Å². The second-order valence-corrected chi connectivity index (χ2v) is 4.71. The smallest absolute Gasteiger partial charge is 0.129 e. The predicted molar refractivity (Wildman–Crippen MR) is 70.0 cm³/mol. The fourth-order valence-electron chi connectivity index (χ4n) is 1.60. The monoisotopic (exact) mass is 242 g/mol. The Kier molecular flexibility index (Phi) is 8.09. The van der Waals surface area contributed by atoms with Gasteiger partial charge in [-0.15, -0.1) is 6.58 Å². The molecule has 0 bridgehead atoms. The quantitative estimate of drug-likeness (QED) is 0.473. The average molecular weight is 242 g/mol. The normalized spacial score (nSPS) is 16.2. The van der Waals surface area contributed by atoms with Crippen LogP contribution in [0.15, 0.2) is 12.7 Å². The van der Waals surface area contributed by atoms with Crippen LogP contribution in [-0.2, 0) is 9.53 Å². The van der Waals surface area contributed by atoms with E-state index in [4.69, 9.17) is 4.74 Å². The molecule has 0 aromatic carbocycles. The minimum atomic E-state index is -0.635. The average Bonchev–Trinajstić information content (AvgIpc) is 2.31. The molecule has 1 N–H and O–H groups in total. The zero-order valence-corrected chi connectivity index (χ0v) is 11.4. The van der Waals surface area contributed by atoms with Crippen LogP contribution >= 0.6 is 0 Å². The van der Waals surface area contributed by atoms with Crippen molar-refractivity contribution in [2.45, 2.75) is 64.6 Å². The Morgan fingerprint density at radius 1 is 1.47 bits per heavy atom. The van der Waals surface area contributed by atoms with E-state index in [-0.39, 0.29) is 5.78 Å². The Hall–Kier alpha value is -0.670. The van der Waals surface area contributed by atoms with Crippen LogP contribution in [0.25, 0.3) is 0 Å². The summed E-state index contributed by atoms with van der Waals surface area (Å²) in [4.78, 5) is 10.7. The first-order valence-electron chi connectivity index (χ1n) is 6.40. The second-order valence-electron chi connectivity index (χ2n) is 4.71. The van der Waals surface area contributed by atoms with E-state index in [0.29, 0.717) is 13.0 Å². The van der Waals surface area contributed by atoms with Gasteiger partial charge in [-0.1, -0.05) is 19.4 Å². The molecule has 0 aromatic rings. The molecule has 2 unspecified atom stereocenters. The molecule has 3 heteroatoms. The summed E-state index contributed by atoms with van der Waals surface area (Å²) >= 11 is 0. The molecule has 0 aliphatic rings. The summed E-state index contributed by atoms with van der Waals surface area (Å²) in [6, 6.07) is 0. The summed E-state index contributed by atoms with van der Waals surface area (Å²) in [5.74, 6) is 0.242. The maximum Gasteiger partial charge on any atom is 0.129 e. The fourth-order valence-corrected chi connectivity index (χ4v) is 1.60. The Bertz CT molecular complexity index is 238. The van der Waals surface area contributed by atoms with Gasteiger partial charge in [-0.25, -0.2) is 0 Å². The SMILES string of the molecule is C=CC(O)C(C)(CC)OCCCCCC(C)=O. The van der Waals surface area contributed by atoms with Crippen LogP contribution in [-0.4, -0.2) is 29.2 Å². The van der Waals surface area contributed by atoms with Gasteiger partial charge in [-0.3, -0.25) is 0 Å². The summed E-state index contributed by atoms with van der Waals surface area (Å²) in [5, 5.41) is 9.76. The molecule has 0 aromatic heterocycles. The first-order chi connectivity index (χ1) is 7.96. The highest BCUT2D eigenvalue weighted by Crippen LogP contribution is 2.21. The van der Waals surface area contributed by atoms with Gasteiger partial charge in [0.2, 0.25) is 0 Å². The van der Waals surface area contributed by atoms with E-state index < -0.39 is 11.7 Å². The third-order valence-electron chi connectivity index (χ3n) is 3.16. The Morgan fingerprint density at radius 3 is 2.59 bits per heavy atom. The van der Waals surface area contributed by atoms with Crippen LogP contribution in [0, 0.1) is 0 Å². The molecule has 0 fully saturated rings. The van der Waals surface area contributed by atoms with Crippen molar-refractivity contribution in [3.8, 4) is 0 Å². The van der Waals surface area contributed by atoms with E-state index in [2.05, 4.69) is 6.58 Å². The zero-order chi connectivity index (χ0) is 13.3. The van der Waals surface area contributed by atoms with Crippen molar-refractivity contribution in [3.05, 3.63) is 12.7 Å². The van der Waals surface area contributed by atoms with Crippen LogP contribution in [0.1, 0.15) is 52.9 Å². The number of aliphatic hydroxyl groups is 1. The van der Waals surface area contributed by atoms with Gasteiger partial charge >= 0.3 is 0 Å². The van der Waals surface area contributed by atoms with Gasteiger partial charge in [0.25, 0.3) is 0 Å². The summed E-state index contributed by atoms with van der Waals surface area (Å²) in [6.45, 7) is 9.70. The highest BCUT2D eigenvalue weighted by atomic mass is 16.5. The summed E-state index contributed by atoms with van der Waals surface area (Å²) in [6.07, 6.45) is 5.11. The molecular formula is C14H26O3. The molecule has 0 saturated heterocycles. The standard InChI is InChI=1S/C14H26O3/c1-5-13(16)14(4,6-2)17-11-9-7-8-10-12(3)15/h5,13,16H,1,6-11H2,2-4H3. The Labute approximate surface area is 105 Å². The predicted octanol–water partition coefficient (Wildman–Crippen LogP) is 2.87.